The third kappa shape index (κ3) is 4.05. The van der Waals surface area contributed by atoms with Gasteiger partial charge in [-0.3, -0.25) is 14.9 Å². The van der Waals surface area contributed by atoms with Crippen LogP contribution >= 0.6 is 0 Å². The van der Waals surface area contributed by atoms with Crippen LogP contribution < -0.4 is 10.9 Å². The predicted octanol–water partition coefficient (Wildman–Crippen LogP) is 4.27. The van der Waals surface area contributed by atoms with Gasteiger partial charge < -0.3 is 9.88 Å². The molecule has 0 fully saturated rings. The molecule has 2 heterocycles. The van der Waals surface area contributed by atoms with E-state index in [-0.39, 0.29) is 11.2 Å². The van der Waals surface area contributed by atoms with Crippen LogP contribution in [0, 0.1) is 17.0 Å². The zero-order valence-electron chi connectivity index (χ0n) is 16.4. The Bertz CT molecular complexity index is 1280. The molecule has 0 aliphatic carbocycles. The maximum atomic E-state index is 11.9. The number of aryl methyl sites for hydroxylation is 1. The molecule has 7 heteroatoms. The number of fused-ring (bicyclic) bond motifs is 1. The average molecular weight is 400 g/mol. The number of para-hydroxylation sites is 1. The molecule has 4 aromatic rings. The first-order chi connectivity index (χ1) is 14.5. The van der Waals surface area contributed by atoms with E-state index in [1.54, 1.807) is 29.0 Å². The number of rotatable bonds is 6. The highest BCUT2D eigenvalue weighted by Crippen LogP contribution is 2.30. The number of hydrogen-bond donors (Lipinski definition) is 1. The summed E-state index contributed by atoms with van der Waals surface area (Å²) in [5, 5.41) is 15.4. The summed E-state index contributed by atoms with van der Waals surface area (Å²) in [5.74, 6) is 0. The normalized spacial score (nSPS) is 10.8. The van der Waals surface area contributed by atoms with Crippen molar-refractivity contribution in [1.82, 2.24) is 9.55 Å². The topological polar surface area (TPSA) is 90.1 Å². The first kappa shape index (κ1) is 19.3. The fraction of sp³-hybridized carbons (Fsp3) is 0.130. The van der Waals surface area contributed by atoms with Crippen molar-refractivity contribution in [1.29, 1.82) is 0 Å². The average Bonchev–Trinajstić information content (AvgIpc) is 2.74. The molecule has 4 rings (SSSR count). The van der Waals surface area contributed by atoms with Crippen LogP contribution in [-0.4, -0.2) is 14.5 Å². The van der Waals surface area contributed by atoms with Crippen LogP contribution in [0.1, 0.15) is 16.8 Å². The lowest BCUT2D eigenvalue weighted by Crippen LogP contribution is -2.18. The Labute approximate surface area is 172 Å². The van der Waals surface area contributed by atoms with E-state index < -0.39 is 4.92 Å². The molecule has 0 aliphatic heterocycles. The van der Waals surface area contributed by atoms with Gasteiger partial charge in [-0.15, -0.1) is 0 Å². The van der Waals surface area contributed by atoms with Crippen LogP contribution in [0.25, 0.3) is 10.9 Å². The smallest absolute Gasteiger partial charge is 0.295 e. The highest BCUT2D eigenvalue weighted by atomic mass is 16.6. The Morgan fingerprint density at radius 3 is 2.53 bits per heavy atom. The van der Waals surface area contributed by atoms with Crippen LogP contribution in [0.15, 0.2) is 77.7 Å². The fourth-order valence-corrected chi connectivity index (χ4v) is 3.40. The molecule has 30 heavy (non-hydrogen) atoms. The first-order valence-corrected chi connectivity index (χ1v) is 9.53. The Morgan fingerprint density at radius 2 is 1.80 bits per heavy atom. The molecule has 7 nitrogen and oxygen atoms in total. The van der Waals surface area contributed by atoms with Crippen LogP contribution in [0.4, 0.5) is 11.4 Å². The number of non-ortho nitro benzene ring substituents is 1. The molecule has 0 atom stereocenters. The summed E-state index contributed by atoms with van der Waals surface area (Å²) in [5.41, 5.74) is 3.97. The van der Waals surface area contributed by atoms with Gasteiger partial charge in [0.05, 0.1) is 11.5 Å². The first-order valence-electron chi connectivity index (χ1n) is 9.53. The summed E-state index contributed by atoms with van der Waals surface area (Å²) < 4.78 is 1.66. The van der Waals surface area contributed by atoms with Crippen molar-refractivity contribution < 1.29 is 4.92 Å². The maximum Gasteiger partial charge on any atom is 0.295 e. The molecule has 2 aromatic heterocycles. The minimum absolute atomic E-state index is 0.000225. The summed E-state index contributed by atoms with van der Waals surface area (Å²) >= 11 is 0. The molecular weight excluding hydrogens is 380 g/mol. The zero-order valence-corrected chi connectivity index (χ0v) is 16.4. The Kier molecular flexibility index (Phi) is 5.26. The van der Waals surface area contributed by atoms with Crippen LogP contribution in [0.3, 0.4) is 0 Å². The molecule has 0 bridgehead atoms. The predicted molar refractivity (Wildman–Crippen MR) is 117 cm³/mol. The molecule has 0 saturated heterocycles. The number of nitrogens with one attached hydrogen (secondary N) is 1. The van der Waals surface area contributed by atoms with Gasteiger partial charge in [0.2, 0.25) is 0 Å². The second-order valence-corrected chi connectivity index (χ2v) is 7.08. The second kappa shape index (κ2) is 8.16. The number of nitro benzene ring substituents is 1. The zero-order chi connectivity index (χ0) is 21.1. The van der Waals surface area contributed by atoms with E-state index in [4.69, 9.17) is 0 Å². The van der Waals surface area contributed by atoms with Gasteiger partial charge in [0.15, 0.2) is 5.52 Å². The number of anilines is 1. The number of nitrogens with zero attached hydrogens (tertiary/aromatic N) is 3. The van der Waals surface area contributed by atoms with Gasteiger partial charge in [-0.25, -0.2) is 4.98 Å². The number of benzene rings is 2. The number of pyridine rings is 2. The van der Waals surface area contributed by atoms with E-state index in [2.05, 4.69) is 10.3 Å². The highest BCUT2D eigenvalue weighted by molar-refractivity contribution is 5.96. The summed E-state index contributed by atoms with van der Waals surface area (Å²) in [7, 11) is 0. The minimum Gasteiger partial charge on any atom is -0.380 e. The van der Waals surface area contributed by atoms with Crippen LogP contribution in [0.5, 0.6) is 0 Å². The highest BCUT2D eigenvalue weighted by Gasteiger charge is 2.15. The van der Waals surface area contributed by atoms with Crippen LogP contribution in [0.2, 0.25) is 0 Å². The van der Waals surface area contributed by atoms with Crippen molar-refractivity contribution in [3.05, 3.63) is 110 Å². The largest absolute Gasteiger partial charge is 0.380 e. The van der Waals surface area contributed by atoms with Gasteiger partial charge in [-0.1, -0.05) is 42.5 Å². The summed E-state index contributed by atoms with van der Waals surface area (Å²) in [6.07, 6.45) is 1.77. The lowest BCUT2D eigenvalue weighted by atomic mass is 10.1. The van der Waals surface area contributed by atoms with Gasteiger partial charge in [0.25, 0.3) is 11.2 Å². The Hall–Kier alpha value is -4.00. The second-order valence-electron chi connectivity index (χ2n) is 7.08. The number of hydrogen-bond acceptors (Lipinski definition) is 5. The van der Waals surface area contributed by atoms with Crippen molar-refractivity contribution in [3.63, 3.8) is 0 Å². The minimum atomic E-state index is -0.407. The molecule has 150 valence electrons. The van der Waals surface area contributed by atoms with Gasteiger partial charge in [0, 0.05) is 41.6 Å². The van der Waals surface area contributed by atoms with Crippen molar-refractivity contribution in [2.45, 2.75) is 20.0 Å². The van der Waals surface area contributed by atoms with Crippen molar-refractivity contribution >= 4 is 22.3 Å². The van der Waals surface area contributed by atoms with Crippen LogP contribution in [-0.2, 0) is 13.1 Å². The fourth-order valence-electron chi connectivity index (χ4n) is 3.40. The number of aromatic nitrogens is 2. The SMILES string of the molecule is Cc1cc(NCc2ccc(Cn3ccccc3=O)cc2)c2cccc([N+](=O)[O-])c2n1. The van der Waals surface area contributed by atoms with Crippen molar-refractivity contribution in [3.8, 4) is 0 Å². The third-order valence-corrected chi connectivity index (χ3v) is 4.90. The third-order valence-electron chi connectivity index (χ3n) is 4.90. The molecule has 0 radical (unpaired) electrons. The molecule has 0 aliphatic rings. The Morgan fingerprint density at radius 1 is 1.03 bits per heavy atom. The lowest BCUT2D eigenvalue weighted by molar-refractivity contribution is -0.383. The summed E-state index contributed by atoms with van der Waals surface area (Å²) in [6.45, 7) is 2.90. The van der Waals surface area contributed by atoms with Gasteiger partial charge in [-0.2, -0.15) is 0 Å². The molecule has 0 unspecified atom stereocenters. The van der Waals surface area contributed by atoms with Gasteiger partial charge >= 0.3 is 0 Å². The lowest BCUT2D eigenvalue weighted by Gasteiger charge is -2.12. The monoisotopic (exact) mass is 400 g/mol. The maximum absolute atomic E-state index is 11.9. The molecule has 1 N–H and O–H groups in total. The molecule has 0 saturated carbocycles. The number of nitro groups is 1. The van der Waals surface area contributed by atoms with Gasteiger partial charge in [-0.05, 0) is 30.2 Å². The van der Waals surface area contributed by atoms with E-state index in [0.29, 0.717) is 24.3 Å². The molecule has 0 spiro atoms. The standard InChI is InChI=1S/C23H20N4O3/c1-16-13-20(19-5-4-6-21(27(29)30)23(19)25-16)24-14-17-8-10-18(11-9-17)15-26-12-3-2-7-22(26)28/h2-13H,14-15H2,1H3,(H,24,25). The summed E-state index contributed by atoms with van der Waals surface area (Å²) in [6, 6.07) is 20.0. The molecule has 0 amide bonds. The molecular formula is C23H20N4O3. The Balaban J connectivity index is 1.53. The van der Waals surface area contributed by atoms with E-state index in [1.807, 2.05) is 49.4 Å². The van der Waals surface area contributed by atoms with E-state index >= 15 is 0 Å². The van der Waals surface area contributed by atoms with E-state index in [9.17, 15) is 14.9 Å². The van der Waals surface area contributed by atoms with E-state index in [1.165, 1.54) is 6.07 Å². The van der Waals surface area contributed by atoms with Crippen molar-refractivity contribution in [2.75, 3.05) is 5.32 Å². The van der Waals surface area contributed by atoms with E-state index in [0.717, 1.165) is 22.2 Å². The van der Waals surface area contributed by atoms with Crippen molar-refractivity contribution in [2.24, 2.45) is 0 Å². The quantitative estimate of drug-likeness (QED) is 0.385. The van der Waals surface area contributed by atoms with Gasteiger partial charge in [0.1, 0.15) is 0 Å². The summed E-state index contributed by atoms with van der Waals surface area (Å²) in [4.78, 5) is 27.1. The molecule has 2 aromatic carbocycles.